The number of allylic oxidation sites excluding steroid dienone is 2. The number of nitrogens with one attached hydrogen (secondary N) is 1. The summed E-state index contributed by atoms with van der Waals surface area (Å²) >= 11 is 0. The maximum Gasteiger partial charge on any atom is 0.233 e. The Labute approximate surface area is 122 Å². The standard InChI is InChI=1S/C16H15N3O2/c1-9-13-14(10-4-3-7-17-8-10)15-11(5-2-6-12(15)20)18-16(13)21-19-9/h3-4,7-8,14,18H,2,5-6H2,1H3. The van der Waals surface area contributed by atoms with E-state index in [2.05, 4.69) is 15.5 Å². The molecule has 2 aromatic heterocycles. The Bertz CT molecular complexity index is 746. The molecule has 0 aromatic carbocycles. The number of carbonyl (C=O) groups excluding carboxylic acids is 1. The fourth-order valence-electron chi connectivity index (χ4n) is 3.30. The second kappa shape index (κ2) is 4.55. The lowest BCUT2D eigenvalue weighted by Gasteiger charge is -2.31. The average Bonchev–Trinajstić information content (AvgIpc) is 2.88. The van der Waals surface area contributed by atoms with E-state index < -0.39 is 0 Å². The highest BCUT2D eigenvalue weighted by atomic mass is 16.5. The lowest BCUT2D eigenvalue weighted by Crippen LogP contribution is -2.26. The smallest absolute Gasteiger partial charge is 0.233 e. The number of Topliss-reactive ketones (excluding diaryl/α,β-unsaturated/α-hetero) is 1. The van der Waals surface area contributed by atoms with Gasteiger partial charge in [-0.2, -0.15) is 0 Å². The van der Waals surface area contributed by atoms with Crippen LogP contribution in [-0.2, 0) is 4.79 Å². The normalized spacial score (nSPS) is 20.8. The van der Waals surface area contributed by atoms with Gasteiger partial charge in [0.05, 0.1) is 11.3 Å². The second-order valence-electron chi connectivity index (χ2n) is 5.52. The van der Waals surface area contributed by atoms with Crippen molar-refractivity contribution in [2.45, 2.75) is 32.1 Å². The Hall–Kier alpha value is -2.43. The number of nitrogens with zero attached hydrogens (tertiary/aromatic N) is 2. The third kappa shape index (κ3) is 1.81. The van der Waals surface area contributed by atoms with Crippen molar-refractivity contribution in [1.82, 2.24) is 10.1 Å². The van der Waals surface area contributed by atoms with Crippen LogP contribution in [0.2, 0.25) is 0 Å². The van der Waals surface area contributed by atoms with Crippen LogP contribution in [0, 0.1) is 6.92 Å². The third-order valence-corrected chi connectivity index (χ3v) is 4.22. The first-order valence-electron chi connectivity index (χ1n) is 7.15. The van der Waals surface area contributed by atoms with E-state index in [0.717, 1.165) is 40.9 Å². The van der Waals surface area contributed by atoms with Crippen molar-refractivity contribution in [3.8, 4) is 0 Å². The predicted octanol–water partition coefficient (Wildman–Crippen LogP) is 2.94. The molecule has 21 heavy (non-hydrogen) atoms. The molecular formula is C16H15N3O2. The lowest BCUT2D eigenvalue weighted by molar-refractivity contribution is -0.116. The summed E-state index contributed by atoms with van der Waals surface area (Å²) in [5.74, 6) is 0.752. The maximum atomic E-state index is 12.5. The first-order chi connectivity index (χ1) is 10.3. The summed E-state index contributed by atoms with van der Waals surface area (Å²) in [6, 6.07) is 3.90. The Kier molecular flexibility index (Phi) is 2.67. The number of rotatable bonds is 1. The SMILES string of the molecule is Cc1noc2c1C(c1cccnc1)C1=C(CCCC1=O)N2. The van der Waals surface area contributed by atoms with Crippen molar-refractivity contribution < 1.29 is 9.32 Å². The van der Waals surface area contributed by atoms with Gasteiger partial charge in [0.25, 0.3) is 0 Å². The van der Waals surface area contributed by atoms with Gasteiger partial charge in [-0.1, -0.05) is 11.2 Å². The second-order valence-corrected chi connectivity index (χ2v) is 5.52. The van der Waals surface area contributed by atoms with Crippen molar-refractivity contribution in [3.05, 3.63) is 52.6 Å². The number of carbonyl (C=O) groups is 1. The van der Waals surface area contributed by atoms with Crippen molar-refractivity contribution in [3.63, 3.8) is 0 Å². The highest BCUT2D eigenvalue weighted by Gasteiger charge is 2.38. The summed E-state index contributed by atoms with van der Waals surface area (Å²) in [5, 5.41) is 7.32. The highest BCUT2D eigenvalue weighted by Crippen LogP contribution is 2.46. The summed E-state index contributed by atoms with van der Waals surface area (Å²) in [5.41, 5.74) is 4.61. The van der Waals surface area contributed by atoms with Crippen molar-refractivity contribution in [2.75, 3.05) is 5.32 Å². The van der Waals surface area contributed by atoms with Gasteiger partial charge >= 0.3 is 0 Å². The highest BCUT2D eigenvalue weighted by molar-refractivity contribution is 6.00. The monoisotopic (exact) mass is 281 g/mol. The van der Waals surface area contributed by atoms with Gasteiger partial charge in [0.2, 0.25) is 5.88 Å². The number of hydrogen-bond acceptors (Lipinski definition) is 5. The van der Waals surface area contributed by atoms with Crippen molar-refractivity contribution >= 4 is 11.7 Å². The van der Waals surface area contributed by atoms with Crippen molar-refractivity contribution in [2.24, 2.45) is 0 Å². The molecule has 0 saturated heterocycles. The molecule has 1 atom stereocenters. The minimum Gasteiger partial charge on any atom is -0.338 e. The first kappa shape index (κ1) is 12.3. The van der Waals surface area contributed by atoms with Crippen LogP contribution in [0.5, 0.6) is 0 Å². The average molecular weight is 281 g/mol. The number of fused-ring (bicyclic) bond motifs is 1. The summed E-state index contributed by atoms with van der Waals surface area (Å²) < 4.78 is 5.40. The van der Waals surface area contributed by atoms with Crippen LogP contribution in [0.1, 0.15) is 42.0 Å². The van der Waals surface area contributed by atoms with Crippen LogP contribution < -0.4 is 5.32 Å². The molecule has 1 aliphatic carbocycles. The third-order valence-electron chi connectivity index (χ3n) is 4.22. The molecule has 5 nitrogen and oxygen atoms in total. The van der Waals surface area contributed by atoms with Gasteiger partial charge in [-0.3, -0.25) is 9.78 Å². The van der Waals surface area contributed by atoms with Gasteiger partial charge in [-0.15, -0.1) is 0 Å². The number of anilines is 1. The molecule has 2 aliphatic rings. The summed E-state index contributed by atoms with van der Waals surface area (Å²) in [7, 11) is 0. The number of aryl methyl sites for hydroxylation is 1. The topological polar surface area (TPSA) is 68.0 Å². The van der Waals surface area contributed by atoms with E-state index in [0.29, 0.717) is 12.3 Å². The minimum atomic E-state index is -0.121. The molecule has 0 bridgehead atoms. The van der Waals surface area contributed by atoms with E-state index in [4.69, 9.17) is 4.52 Å². The van der Waals surface area contributed by atoms with Crippen LogP contribution in [0.3, 0.4) is 0 Å². The zero-order chi connectivity index (χ0) is 14.4. The first-order valence-corrected chi connectivity index (χ1v) is 7.15. The Morgan fingerprint density at radius 1 is 1.38 bits per heavy atom. The Morgan fingerprint density at radius 2 is 2.29 bits per heavy atom. The van der Waals surface area contributed by atoms with E-state index >= 15 is 0 Å². The quantitative estimate of drug-likeness (QED) is 0.870. The molecule has 0 radical (unpaired) electrons. The van der Waals surface area contributed by atoms with Gasteiger partial charge in [0.1, 0.15) is 0 Å². The molecular weight excluding hydrogens is 266 g/mol. The van der Waals surface area contributed by atoms with E-state index in [1.54, 1.807) is 6.20 Å². The summed E-state index contributed by atoms with van der Waals surface area (Å²) in [6.07, 6.45) is 5.92. The molecule has 1 N–H and O–H groups in total. The fraction of sp³-hybridized carbons (Fsp3) is 0.312. The molecule has 0 spiro atoms. The summed E-state index contributed by atoms with van der Waals surface area (Å²) in [6.45, 7) is 1.91. The molecule has 5 heteroatoms. The van der Waals surface area contributed by atoms with Gasteiger partial charge in [-0.25, -0.2) is 0 Å². The fourth-order valence-corrected chi connectivity index (χ4v) is 3.30. The van der Waals surface area contributed by atoms with E-state index in [1.165, 1.54) is 0 Å². The number of aromatic nitrogens is 2. The summed E-state index contributed by atoms with van der Waals surface area (Å²) in [4.78, 5) is 16.7. The molecule has 106 valence electrons. The van der Waals surface area contributed by atoms with E-state index in [9.17, 15) is 4.79 Å². The molecule has 3 heterocycles. The lowest BCUT2D eigenvalue weighted by atomic mass is 9.76. The number of hydrogen-bond donors (Lipinski definition) is 1. The largest absolute Gasteiger partial charge is 0.338 e. The number of pyridine rings is 1. The zero-order valence-corrected chi connectivity index (χ0v) is 11.7. The van der Waals surface area contributed by atoms with Gasteiger partial charge in [0.15, 0.2) is 5.78 Å². The van der Waals surface area contributed by atoms with Crippen LogP contribution in [0.15, 0.2) is 40.3 Å². The van der Waals surface area contributed by atoms with Crippen LogP contribution in [-0.4, -0.2) is 15.9 Å². The maximum absolute atomic E-state index is 12.5. The van der Waals surface area contributed by atoms with E-state index in [1.807, 2.05) is 25.3 Å². The molecule has 0 amide bonds. The van der Waals surface area contributed by atoms with E-state index in [-0.39, 0.29) is 11.7 Å². The minimum absolute atomic E-state index is 0.121. The molecule has 1 unspecified atom stereocenters. The van der Waals surface area contributed by atoms with Crippen LogP contribution >= 0.6 is 0 Å². The molecule has 4 rings (SSSR count). The number of ketones is 1. The van der Waals surface area contributed by atoms with Crippen molar-refractivity contribution in [1.29, 1.82) is 0 Å². The molecule has 1 aliphatic heterocycles. The molecule has 2 aromatic rings. The van der Waals surface area contributed by atoms with Crippen LogP contribution in [0.25, 0.3) is 0 Å². The van der Waals surface area contributed by atoms with Gasteiger partial charge in [-0.05, 0) is 31.4 Å². The Morgan fingerprint density at radius 3 is 3.10 bits per heavy atom. The Balaban J connectivity index is 1.96. The van der Waals surface area contributed by atoms with Gasteiger partial charge in [0, 0.05) is 36.0 Å². The molecule has 0 saturated carbocycles. The zero-order valence-electron chi connectivity index (χ0n) is 11.7. The predicted molar refractivity (Wildman–Crippen MR) is 76.8 cm³/mol. The van der Waals surface area contributed by atoms with Crippen LogP contribution in [0.4, 0.5) is 5.88 Å². The van der Waals surface area contributed by atoms with Gasteiger partial charge < -0.3 is 9.84 Å². The molecule has 0 fully saturated rings.